The van der Waals surface area contributed by atoms with Crippen LogP contribution < -0.4 is 10.1 Å². The van der Waals surface area contributed by atoms with Gasteiger partial charge in [-0.15, -0.1) is 0 Å². The van der Waals surface area contributed by atoms with Crippen LogP contribution in [0.25, 0.3) is 0 Å². The molecule has 0 bridgehead atoms. The van der Waals surface area contributed by atoms with Gasteiger partial charge in [0, 0.05) is 18.9 Å². The van der Waals surface area contributed by atoms with Crippen LogP contribution >= 0.6 is 0 Å². The van der Waals surface area contributed by atoms with Gasteiger partial charge >= 0.3 is 0 Å². The lowest BCUT2D eigenvalue weighted by molar-refractivity contribution is 0.0946. The smallest absolute Gasteiger partial charge is 0.255 e. The van der Waals surface area contributed by atoms with Crippen LogP contribution in [0.15, 0.2) is 79.1 Å². The third kappa shape index (κ3) is 4.20. The molecule has 0 saturated carbocycles. The predicted octanol–water partition coefficient (Wildman–Crippen LogP) is 3.59. The second-order valence-corrected chi connectivity index (χ2v) is 5.31. The molecule has 0 saturated heterocycles. The summed E-state index contributed by atoms with van der Waals surface area (Å²) in [7, 11) is 0. The van der Waals surface area contributed by atoms with E-state index in [2.05, 4.69) is 10.3 Å². The Morgan fingerprint density at radius 2 is 1.58 bits per heavy atom. The van der Waals surface area contributed by atoms with Crippen LogP contribution in [0.3, 0.4) is 0 Å². The van der Waals surface area contributed by atoms with Crippen molar-refractivity contribution in [3.05, 3.63) is 95.8 Å². The second-order valence-electron chi connectivity index (χ2n) is 5.31. The van der Waals surface area contributed by atoms with Crippen molar-refractivity contribution in [2.75, 3.05) is 0 Å². The number of ether oxygens (including phenoxy) is 1. The highest BCUT2D eigenvalue weighted by atomic mass is 16.5. The van der Waals surface area contributed by atoms with Gasteiger partial charge in [0.25, 0.3) is 5.91 Å². The molecular formula is C20H18N2O2. The molecule has 0 aliphatic rings. The molecular weight excluding hydrogens is 300 g/mol. The highest BCUT2D eigenvalue weighted by molar-refractivity contribution is 5.96. The van der Waals surface area contributed by atoms with E-state index in [9.17, 15) is 4.79 Å². The number of benzene rings is 2. The number of para-hydroxylation sites is 1. The molecule has 24 heavy (non-hydrogen) atoms. The summed E-state index contributed by atoms with van der Waals surface area (Å²) in [5.74, 6) is 0.420. The fourth-order valence-electron chi connectivity index (χ4n) is 2.29. The number of hydrogen-bond donors (Lipinski definition) is 1. The summed E-state index contributed by atoms with van der Waals surface area (Å²) in [5.41, 5.74) is 2.59. The third-order valence-corrected chi connectivity index (χ3v) is 3.57. The minimum atomic E-state index is -0.157. The number of carbonyl (C=O) groups is 1. The molecule has 3 aromatic rings. The summed E-state index contributed by atoms with van der Waals surface area (Å²) >= 11 is 0. The average Bonchev–Trinajstić information content (AvgIpc) is 2.66. The summed E-state index contributed by atoms with van der Waals surface area (Å²) in [4.78, 5) is 16.4. The highest BCUT2D eigenvalue weighted by Gasteiger charge is 2.11. The Kier molecular flexibility index (Phi) is 5.20. The summed E-state index contributed by atoms with van der Waals surface area (Å²) in [5, 5.41) is 2.91. The lowest BCUT2D eigenvalue weighted by Gasteiger charge is -2.12. The van der Waals surface area contributed by atoms with E-state index in [1.54, 1.807) is 18.5 Å². The lowest BCUT2D eigenvalue weighted by atomic mass is 10.1. The molecule has 3 rings (SSSR count). The van der Waals surface area contributed by atoms with E-state index >= 15 is 0 Å². The molecule has 4 nitrogen and oxygen atoms in total. The first-order valence-corrected chi connectivity index (χ1v) is 7.76. The lowest BCUT2D eigenvalue weighted by Crippen LogP contribution is -2.23. The molecule has 0 radical (unpaired) electrons. The molecule has 120 valence electrons. The SMILES string of the molecule is O=C(NCc1ccncc1)c1ccccc1OCc1ccccc1. The Hall–Kier alpha value is -3.14. The maximum Gasteiger partial charge on any atom is 0.255 e. The van der Waals surface area contributed by atoms with Crippen molar-refractivity contribution in [3.8, 4) is 5.75 Å². The summed E-state index contributed by atoms with van der Waals surface area (Å²) in [6.45, 7) is 0.879. The third-order valence-electron chi connectivity index (χ3n) is 3.57. The predicted molar refractivity (Wildman–Crippen MR) is 92.6 cm³/mol. The average molecular weight is 318 g/mol. The minimum Gasteiger partial charge on any atom is -0.488 e. The Morgan fingerprint density at radius 3 is 2.38 bits per heavy atom. The van der Waals surface area contributed by atoms with Gasteiger partial charge in [0.15, 0.2) is 0 Å². The number of hydrogen-bond acceptors (Lipinski definition) is 3. The van der Waals surface area contributed by atoms with Gasteiger partial charge < -0.3 is 10.1 Å². The van der Waals surface area contributed by atoms with Gasteiger partial charge in [-0.25, -0.2) is 0 Å². The molecule has 0 aliphatic heterocycles. The van der Waals surface area contributed by atoms with E-state index in [1.807, 2.05) is 60.7 Å². The van der Waals surface area contributed by atoms with Crippen molar-refractivity contribution in [2.24, 2.45) is 0 Å². The Morgan fingerprint density at radius 1 is 0.875 bits per heavy atom. The monoisotopic (exact) mass is 318 g/mol. The molecule has 0 atom stereocenters. The van der Waals surface area contributed by atoms with Gasteiger partial charge in [-0.3, -0.25) is 9.78 Å². The number of aromatic nitrogens is 1. The number of rotatable bonds is 6. The van der Waals surface area contributed by atoms with E-state index in [0.717, 1.165) is 11.1 Å². The van der Waals surface area contributed by atoms with Crippen molar-refractivity contribution in [1.29, 1.82) is 0 Å². The molecule has 0 fully saturated rings. The zero-order valence-electron chi connectivity index (χ0n) is 13.2. The molecule has 0 aliphatic carbocycles. The fraction of sp³-hybridized carbons (Fsp3) is 0.100. The van der Waals surface area contributed by atoms with E-state index in [-0.39, 0.29) is 5.91 Å². The first-order chi connectivity index (χ1) is 11.8. The fourth-order valence-corrected chi connectivity index (χ4v) is 2.29. The van der Waals surface area contributed by atoms with Crippen LogP contribution in [0.5, 0.6) is 5.75 Å². The van der Waals surface area contributed by atoms with E-state index in [0.29, 0.717) is 24.5 Å². The maximum absolute atomic E-state index is 12.4. The van der Waals surface area contributed by atoms with Crippen LogP contribution in [-0.4, -0.2) is 10.9 Å². The number of nitrogens with one attached hydrogen (secondary N) is 1. The standard InChI is InChI=1S/C20H18N2O2/c23-20(22-14-16-10-12-21-13-11-16)18-8-4-5-9-19(18)24-15-17-6-2-1-3-7-17/h1-13H,14-15H2,(H,22,23). The van der Waals surface area contributed by atoms with Crippen molar-refractivity contribution in [1.82, 2.24) is 10.3 Å². The van der Waals surface area contributed by atoms with E-state index < -0.39 is 0 Å². The van der Waals surface area contributed by atoms with Crippen LogP contribution in [0.1, 0.15) is 21.5 Å². The highest BCUT2D eigenvalue weighted by Crippen LogP contribution is 2.19. The number of carbonyl (C=O) groups excluding carboxylic acids is 1. The van der Waals surface area contributed by atoms with E-state index in [1.165, 1.54) is 0 Å². The first-order valence-electron chi connectivity index (χ1n) is 7.76. The molecule has 1 heterocycles. The minimum absolute atomic E-state index is 0.157. The van der Waals surface area contributed by atoms with Gasteiger partial charge in [0.1, 0.15) is 12.4 Å². The molecule has 1 N–H and O–H groups in total. The molecule has 0 unspecified atom stereocenters. The number of nitrogens with zero attached hydrogens (tertiary/aromatic N) is 1. The van der Waals surface area contributed by atoms with Gasteiger partial charge in [-0.1, -0.05) is 42.5 Å². The van der Waals surface area contributed by atoms with Crippen LogP contribution in [0.4, 0.5) is 0 Å². The first kappa shape index (κ1) is 15.7. The Balaban J connectivity index is 1.65. The molecule has 1 amide bonds. The molecule has 2 aromatic carbocycles. The largest absolute Gasteiger partial charge is 0.488 e. The normalized spacial score (nSPS) is 10.2. The van der Waals surface area contributed by atoms with E-state index in [4.69, 9.17) is 4.74 Å². The van der Waals surface area contributed by atoms with Crippen molar-refractivity contribution in [3.63, 3.8) is 0 Å². The summed E-state index contributed by atoms with van der Waals surface area (Å²) < 4.78 is 5.83. The zero-order valence-corrected chi connectivity index (χ0v) is 13.2. The number of pyridine rings is 1. The van der Waals surface area contributed by atoms with Gasteiger partial charge in [0.05, 0.1) is 5.56 Å². The van der Waals surface area contributed by atoms with Gasteiger partial charge in [0.2, 0.25) is 0 Å². The van der Waals surface area contributed by atoms with Crippen LogP contribution in [0.2, 0.25) is 0 Å². The van der Waals surface area contributed by atoms with Gasteiger partial charge in [-0.05, 0) is 35.4 Å². The van der Waals surface area contributed by atoms with Crippen molar-refractivity contribution in [2.45, 2.75) is 13.2 Å². The number of amides is 1. The van der Waals surface area contributed by atoms with Crippen LogP contribution in [0, 0.1) is 0 Å². The summed E-state index contributed by atoms with van der Waals surface area (Å²) in [6, 6.07) is 20.9. The molecule has 0 spiro atoms. The Labute approximate surface area is 141 Å². The van der Waals surface area contributed by atoms with Gasteiger partial charge in [-0.2, -0.15) is 0 Å². The van der Waals surface area contributed by atoms with Crippen LogP contribution in [-0.2, 0) is 13.2 Å². The Bertz CT molecular complexity index is 789. The maximum atomic E-state index is 12.4. The van der Waals surface area contributed by atoms with Crippen molar-refractivity contribution < 1.29 is 9.53 Å². The zero-order chi connectivity index (χ0) is 16.6. The molecule has 4 heteroatoms. The quantitative estimate of drug-likeness (QED) is 0.755. The topological polar surface area (TPSA) is 51.2 Å². The van der Waals surface area contributed by atoms with Crippen molar-refractivity contribution >= 4 is 5.91 Å². The molecule has 1 aromatic heterocycles. The summed E-state index contributed by atoms with van der Waals surface area (Å²) in [6.07, 6.45) is 3.41. The second kappa shape index (κ2) is 7.92.